The van der Waals surface area contributed by atoms with Gasteiger partial charge in [-0.15, -0.1) is 0 Å². The van der Waals surface area contributed by atoms with Crippen molar-refractivity contribution in [1.82, 2.24) is 9.80 Å². The third kappa shape index (κ3) is 2.96. The van der Waals surface area contributed by atoms with E-state index in [1.54, 1.807) is 0 Å². The molecule has 2 aromatic rings. The van der Waals surface area contributed by atoms with Crippen molar-refractivity contribution in [2.24, 2.45) is 0 Å². The van der Waals surface area contributed by atoms with Crippen LogP contribution in [0.3, 0.4) is 0 Å². The van der Waals surface area contributed by atoms with E-state index in [0.717, 1.165) is 11.6 Å². The van der Waals surface area contributed by atoms with E-state index in [1.807, 2.05) is 36.4 Å². The summed E-state index contributed by atoms with van der Waals surface area (Å²) in [5.74, 6) is 2.21. The second-order valence-corrected chi connectivity index (χ2v) is 5.00. The van der Waals surface area contributed by atoms with Crippen LogP contribution in [-0.2, 0) is 0 Å². The summed E-state index contributed by atoms with van der Waals surface area (Å²) in [6.07, 6.45) is 8.23. The van der Waals surface area contributed by atoms with Gasteiger partial charge in [-0.25, -0.2) is 0 Å². The Hall–Kier alpha value is -2.36. The number of aromatic nitrogens is 2. The predicted octanol–water partition coefficient (Wildman–Crippen LogP) is 1.13. The van der Waals surface area contributed by atoms with Crippen molar-refractivity contribution in [3.05, 3.63) is 61.2 Å². The van der Waals surface area contributed by atoms with Crippen LogP contribution in [0.5, 0.6) is 0 Å². The second-order valence-electron chi connectivity index (χ2n) is 5.00. The van der Waals surface area contributed by atoms with Gasteiger partial charge in [0.25, 0.3) is 0 Å². The van der Waals surface area contributed by atoms with Gasteiger partial charge in [0.05, 0.1) is 53.0 Å². The lowest BCUT2D eigenvalue weighted by molar-refractivity contribution is -0.623. The maximum Gasteiger partial charge on any atom is 0.372 e. The number of hydrogen-bond acceptors (Lipinski definition) is 2. The standard InChI is InChI=1S/C16H22N4/c1-17(2)15(19-11-7-5-8-12-19)16(18(3)4)20-13-9-6-10-14-20/h5-14H,1-4H3/q+2/b16-15+. The Bertz CT molecular complexity index is 520. The van der Waals surface area contributed by atoms with E-state index in [2.05, 4.69) is 71.9 Å². The Labute approximate surface area is 120 Å². The highest BCUT2D eigenvalue weighted by atomic mass is 15.3. The molecule has 0 aliphatic rings. The zero-order chi connectivity index (χ0) is 14.5. The Morgan fingerprint density at radius 1 is 0.550 bits per heavy atom. The molecule has 4 nitrogen and oxygen atoms in total. The molecule has 0 unspecified atom stereocenters. The first kappa shape index (κ1) is 14.1. The van der Waals surface area contributed by atoms with Gasteiger partial charge >= 0.3 is 11.6 Å². The van der Waals surface area contributed by atoms with Crippen molar-refractivity contribution < 1.29 is 9.13 Å². The summed E-state index contributed by atoms with van der Waals surface area (Å²) in [6, 6.07) is 12.2. The van der Waals surface area contributed by atoms with Crippen molar-refractivity contribution in [3.63, 3.8) is 0 Å². The van der Waals surface area contributed by atoms with E-state index in [1.165, 1.54) is 0 Å². The topological polar surface area (TPSA) is 14.2 Å². The molecule has 0 atom stereocenters. The zero-order valence-corrected chi connectivity index (χ0v) is 12.6. The van der Waals surface area contributed by atoms with E-state index in [4.69, 9.17) is 0 Å². The molecule has 0 aliphatic carbocycles. The summed E-state index contributed by atoms with van der Waals surface area (Å²) in [7, 11) is 8.23. The van der Waals surface area contributed by atoms with Crippen LogP contribution < -0.4 is 9.13 Å². The summed E-state index contributed by atoms with van der Waals surface area (Å²) >= 11 is 0. The van der Waals surface area contributed by atoms with Crippen LogP contribution in [0.2, 0.25) is 0 Å². The van der Waals surface area contributed by atoms with Crippen LogP contribution in [-0.4, -0.2) is 38.0 Å². The lowest BCUT2D eigenvalue weighted by Crippen LogP contribution is -2.48. The van der Waals surface area contributed by atoms with Crippen LogP contribution >= 0.6 is 0 Å². The number of hydrogen-bond donors (Lipinski definition) is 0. The van der Waals surface area contributed by atoms with E-state index in [-0.39, 0.29) is 0 Å². The van der Waals surface area contributed by atoms with Gasteiger partial charge < -0.3 is 0 Å². The number of rotatable bonds is 4. The molecule has 0 saturated heterocycles. The van der Waals surface area contributed by atoms with Crippen molar-refractivity contribution in [3.8, 4) is 0 Å². The fourth-order valence-corrected chi connectivity index (χ4v) is 2.17. The minimum absolute atomic E-state index is 1.10. The molecule has 20 heavy (non-hydrogen) atoms. The third-order valence-electron chi connectivity index (χ3n) is 2.97. The molecule has 0 N–H and O–H groups in total. The van der Waals surface area contributed by atoms with Crippen molar-refractivity contribution >= 4 is 11.6 Å². The molecule has 4 heteroatoms. The van der Waals surface area contributed by atoms with Crippen LogP contribution in [0.25, 0.3) is 11.6 Å². The largest absolute Gasteiger partial charge is 0.372 e. The SMILES string of the molecule is CN(C)/C(=C(/N(C)C)[n+]1ccccc1)[n+]1ccccc1. The van der Waals surface area contributed by atoms with E-state index < -0.39 is 0 Å². The minimum atomic E-state index is 1.10. The normalized spacial score (nSPS) is 11.8. The quantitative estimate of drug-likeness (QED) is 0.773. The fourth-order valence-electron chi connectivity index (χ4n) is 2.17. The molecule has 0 bridgehead atoms. The lowest BCUT2D eigenvalue weighted by atomic mass is 10.4. The minimum Gasteiger partial charge on any atom is -0.260 e. The average molecular weight is 270 g/mol. The average Bonchev–Trinajstić information content (AvgIpc) is 2.45. The molecule has 0 aliphatic heterocycles. The molecule has 0 aromatic carbocycles. The molecule has 0 saturated carbocycles. The molecular formula is C16H22N4+2. The molecule has 104 valence electrons. The van der Waals surface area contributed by atoms with Crippen LogP contribution in [0.15, 0.2) is 61.2 Å². The van der Waals surface area contributed by atoms with Crippen LogP contribution in [0.1, 0.15) is 0 Å². The predicted molar refractivity (Wildman–Crippen MR) is 80.1 cm³/mol. The summed E-state index contributed by atoms with van der Waals surface area (Å²) in [6.45, 7) is 0. The smallest absolute Gasteiger partial charge is 0.260 e. The van der Waals surface area contributed by atoms with Gasteiger partial charge in [-0.05, 0) is 24.3 Å². The van der Waals surface area contributed by atoms with Gasteiger partial charge in [0.2, 0.25) is 0 Å². The highest BCUT2D eigenvalue weighted by molar-refractivity contribution is 5.56. The van der Waals surface area contributed by atoms with Crippen molar-refractivity contribution in [2.75, 3.05) is 28.2 Å². The molecule has 2 heterocycles. The monoisotopic (exact) mass is 270 g/mol. The third-order valence-corrected chi connectivity index (χ3v) is 2.97. The van der Waals surface area contributed by atoms with Crippen molar-refractivity contribution in [2.45, 2.75) is 0 Å². The molecular weight excluding hydrogens is 248 g/mol. The molecule has 0 radical (unpaired) electrons. The van der Waals surface area contributed by atoms with Gasteiger partial charge in [0.1, 0.15) is 0 Å². The van der Waals surface area contributed by atoms with Crippen LogP contribution in [0, 0.1) is 0 Å². The summed E-state index contributed by atoms with van der Waals surface area (Å²) < 4.78 is 4.24. The van der Waals surface area contributed by atoms with E-state index in [0.29, 0.717) is 0 Å². The number of nitrogens with zero attached hydrogens (tertiary/aromatic N) is 4. The Kier molecular flexibility index (Phi) is 4.35. The fraction of sp³-hybridized carbons (Fsp3) is 0.250. The van der Waals surface area contributed by atoms with Gasteiger partial charge in [-0.2, -0.15) is 9.13 Å². The van der Waals surface area contributed by atoms with E-state index >= 15 is 0 Å². The Morgan fingerprint density at radius 3 is 1.10 bits per heavy atom. The molecule has 2 aromatic heterocycles. The molecule has 2 rings (SSSR count). The van der Waals surface area contributed by atoms with Gasteiger partial charge in [0.15, 0.2) is 0 Å². The zero-order valence-electron chi connectivity index (χ0n) is 12.6. The van der Waals surface area contributed by atoms with Gasteiger partial charge in [0, 0.05) is 0 Å². The van der Waals surface area contributed by atoms with Gasteiger partial charge in [-0.3, -0.25) is 9.80 Å². The summed E-state index contributed by atoms with van der Waals surface area (Å²) in [5, 5.41) is 0. The van der Waals surface area contributed by atoms with Crippen molar-refractivity contribution in [1.29, 1.82) is 0 Å². The molecule has 0 amide bonds. The Morgan fingerprint density at radius 2 is 0.850 bits per heavy atom. The van der Waals surface area contributed by atoms with Crippen LogP contribution in [0.4, 0.5) is 0 Å². The maximum absolute atomic E-state index is 2.12. The van der Waals surface area contributed by atoms with E-state index in [9.17, 15) is 0 Å². The maximum atomic E-state index is 2.12. The second kappa shape index (κ2) is 6.19. The first-order chi connectivity index (χ1) is 9.61. The first-order valence-electron chi connectivity index (χ1n) is 6.63. The Balaban J connectivity index is 2.67. The number of pyridine rings is 2. The molecule has 0 fully saturated rings. The first-order valence-corrected chi connectivity index (χ1v) is 6.63. The van der Waals surface area contributed by atoms with Gasteiger partial charge in [-0.1, -0.05) is 12.1 Å². The summed E-state index contributed by atoms with van der Waals surface area (Å²) in [5.41, 5.74) is 0. The summed E-state index contributed by atoms with van der Waals surface area (Å²) in [4.78, 5) is 4.24. The lowest BCUT2D eigenvalue weighted by Gasteiger charge is -2.15. The highest BCUT2D eigenvalue weighted by Gasteiger charge is 2.28. The highest BCUT2D eigenvalue weighted by Crippen LogP contribution is 2.09. The molecule has 0 spiro atoms.